The van der Waals surface area contributed by atoms with Crippen LogP contribution in [0.15, 0.2) is 24.3 Å². The van der Waals surface area contributed by atoms with Gasteiger partial charge in [-0.1, -0.05) is 56.9 Å². The lowest BCUT2D eigenvalue weighted by Crippen LogP contribution is -2.38. The van der Waals surface area contributed by atoms with Gasteiger partial charge in [-0.15, -0.1) is 0 Å². The van der Waals surface area contributed by atoms with E-state index in [0.29, 0.717) is 5.92 Å². The number of hydrogen-bond acceptors (Lipinski definition) is 1. The molecular weight excluding hydrogens is 242 g/mol. The molecular formula is C19H33N. The van der Waals surface area contributed by atoms with Crippen LogP contribution in [0.3, 0.4) is 0 Å². The van der Waals surface area contributed by atoms with Crippen molar-refractivity contribution in [1.29, 1.82) is 0 Å². The highest BCUT2D eigenvalue weighted by atomic mass is 14.9. The predicted octanol–water partition coefficient (Wildman–Crippen LogP) is 5.44. The topological polar surface area (TPSA) is 12.0 Å². The lowest BCUT2D eigenvalue weighted by molar-refractivity contribution is 0.393. The van der Waals surface area contributed by atoms with Gasteiger partial charge in [0.25, 0.3) is 0 Å². The Balaban J connectivity index is 2.66. The molecule has 0 saturated carbocycles. The summed E-state index contributed by atoms with van der Waals surface area (Å²) in [7, 11) is 0. The minimum atomic E-state index is 0.199. The average Bonchev–Trinajstić information content (AvgIpc) is 2.38. The minimum absolute atomic E-state index is 0.199. The molecule has 0 aliphatic heterocycles. The normalized spacial score (nSPS) is 13.4. The van der Waals surface area contributed by atoms with Crippen LogP contribution in [-0.4, -0.2) is 12.1 Å². The maximum Gasteiger partial charge on any atom is 0.00967 e. The van der Waals surface area contributed by atoms with Crippen molar-refractivity contribution in [3.05, 3.63) is 35.4 Å². The van der Waals surface area contributed by atoms with Gasteiger partial charge < -0.3 is 5.32 Å². The Morgan fingerprint density at radius 2 is 1.75 bits per heavy atom. The van der Waals surface area contributed by atoms with Gasteiger partial charge in [-0.2, -0.15) is 0 Å². The third-order valence-corrected chi connectivity index (χ3v) is 3.91. The Kier molecular flexibility index (Phi) is 7.29. The largest absolute Gasteiger partial charge is 0.311 e. The van der Waals surface area contributed by atoms with Crippen molar-refractivity contribution in [2.24, 2.45) is 0 Å². The third kappa shape index (κ3) is 6.56. The molecule has 20 heavy (non-hydrogen) atoms. The van der Waals surface area contributed by atoms with Gasteiger partial charge >= 0.3 is 0 Å². The van der Waals surface area contributed by atoms with Gasteiger partial charge in [0.15, 0.2) is 0 Å². The zero-order valence-corrected chi connectivity index (χ0v) is 14.1. The summed E-state index contributed by atoms with van der Waals surface area (Å²) in [6.07, 6.45) is 6.70. The minimum Gasteiger partial charge on any atom is -0.311 e. The van der Waals surface area contributed by atoms with Gasteiger partial charge in [0.05, 0.1) is 0 Å². The smallest absolute Gasteiger partial charge is 0.00967 e. The number of nitrogens with one attached hydrogen (secondary N) is 1. The predicted molar refractivity (Wildman–Crippen MR) is 90.4 cm³/mol. The molecule has 0 fully saturated rings. The fourth-order valence-electron chi connectivity index (χ4n) is 2.66. The Hall–Kier alpha value is -0.820. The van der Waals surface area contributed by atoms with Gasteiger partial charge in [-0.05, 0) is 51.2 Å². The zero-order chi connectivity index (χ0) is 15.0. The first-order valence-electron chi connectivity index (χ1n) is 8.24. The number of hydrogen-bond donors (Lipinski definition) is 1. The summed E-state index contributed by atoms with van der Waals surface area (Å²) in [4.78, 5) is 0. The highest BCUT2D eigenvalue weighted by Gasteiger charge is 2.17. The van der Waals surface area contributed by atoms with E-state index in [1.807, 2.05) is 0 Å². The second-order valence-corrected chi connectivity index (χ2v) is 7.03. The summed E-state index contributed by atoms with van der Waals surface area (Å²) >= 11 is 0. The summed E-state index contributed by atoms with van der Waals surface area (Å²) in [6.45, 7) is 12.4. The fourth-order valence-corrected chi connectivity index (χ4v) is 2.66. The molecule has 0 heterocycles. The van der Waals surface area contributed by atoms with Crippen LogP contribution in [0.5, 0.6) is 0 Å². The Morgan fingerprint density at radius 3 is 2.35 bits per heavy atom. The van der Waals surface area contributed by atoms with Crippen molar-refractivity contribution < 1.29 is 0 Å². The van der Waals surface area contributed by atoms with Crippen LogP contribution in [-0.2, 0) is 0 Å². The Bertz CT molecular complexity index is 376. The molecule has 1 heteroatoms. The van der Waals surface area contributed by atoms with Crippen molar-refractivity contribution in [2.75, 3.05) is 6.54 Å². The van der Waals surface area contributed by atoms with Crippen LogP contribution in [0.4, 0.5) is 0 Å². The summed E-state index contributed by atoms with van der Waals surface area (Å²) < 4.78 is 0. The van der Waals surface area contributed by atoms with E-state index in [4.69, 9.17) is 0 Å². The lowest BCUT2D eigenvalue weighted by Gasteiger charge is -2.26. The average molecular weight is 275 g/mol. The standard InChI is InChI=1S/C19H33N/c1-6-7-8-9-13-17(15-20-19(3,4)5)18-14-11-10-12-16(18)2/h10-12,14,17,20H,6-9,13,15H2,1-5H3. The van der Waals surface area contributed by atoms with Crippen LogP contribution in [0.2, 0.25) is 0 Å². The van der Waals surface area contributed by atoms with E-state index < -0.39 is 0 Å². The molecule has 0 radical (unpaired) electrons. The highest BCUT2D eigenvalue weighted by molar-refractivity contribution is 5.29. The van der Waals surface area contributed by atoms with Crippen molar-refractivity contribution in [3.63, 3.8) is 0 Å². The maximum atomic E-state index is 3.69. The molecule has 0 aliphatic rings. The van der Waals surface area contributed by atoms with E-state index in [1.54, 1.807) is 0 Å². The molecule has 1 unspecified atom stereocenters. The van der Waals surface area contributed by atoms with E-state index in [0.717, 1.165) is 6.54 Å². The molecule has 0 spiro atoms. The van der Waals surface area contributed by atoms with Crippen LogP contribution in [0.1, 0.15) is 76.8 Å². The van der Waals surface area contributed by atoms with E-state index in [9.17, 15) is 0 Å². The number of rotatable bonds is 8. The van der Waals surface area contributed by atoms with Crippen LogP contribution in [0.25, 0.3) is 0 Å². The number of aryl methyl sites for hydroxylation is 1. The zero-order valence-electron chi connectivity index (χ0n) is 14.1. The highest BCUT2D eigenvalue weighted by Crippen LogP contribution is 2.25. The van der Waals surface area contributed by atoms with E-state index >= 15 is 0 Å². The molecule has 1 rings (SSSR count). The van der Waals surface area contributed by atoms with E-state index in [1.165, 1.54) is 43.2 Å². The van der Waals surface area contributed by atoms with Gasteiger partial charge in [-0.3, -0.25) is 0 Å². The summed E-state index contributed by atoms with van der Waals surface area (Å²) in [5.74, 6) is 0.646. The first-order chi connectivity index (χ1) is 9.44. The molecule has 1 atom stereocenters. The number of unbranched alkanes of at least 4 members (excludes halogenated alkanes) is 3. The maximum absolute atomic E-state index is 3.69. The molecule has 0 amide bonds. The van der Waals surface area contributed by atoms with Crippen LogP contribution in [0, 0.1) is 6.92 Å². The van der Waals surface area contributed by atoms with Crippen molar-refractivity contribution in [2.45, 2.75) is 78.2 Å². The second kappa shape index (κ2) is 8.46. The lowest BCUT2D eigenvalue weighted by atomic mass is 9.89. The van der Waals surface area contributed by atoms with Gasteiger partial charge in [0.1, 0.15) is 0 Å². The van der Waals surface area contributed by atoms with Gasteiger partial charge in [0.2, 0.25) is 0 Å². The van der Waals surface area contributed by atoms with Gasteiger partial charge in [-0.25, -0.2) is 0 Å². The monoisotopic (exact) mass is 275 g/mol. The van der Waals surface area contributed by atoms with Crippen LogP contribution >= 0.6 is 0 Å². The first kappa shape index (κ1) is 17.2. The Labute approximate surface area is 126 Å². The van der Waals surface area contributed by atoms with E-state index in [2.05, 4.69) is 64.2 Å². The van der Waals surface area contributed by atoms with E-state index in [-0.39, 0.29) is 5.54 Å². The summed E-state index contributed by atoms with van der Waals surface area (Å²) in [6, 6.07) is 8.87. The van der Waals surface area contributed by atoms with Crippen LogP contribution < -0.4 is 5.32 Å². The SMILES string of the molecule is CCCCCCC(CNC(C)(C)C)c1ccccc1C. The van der Waals surface area contributed by atoms with Crippen molar-refractivity contribution >= 4 is 0 Å². The summed E-state index contributed by atoms with van der Waals surface area (Å²) in [5, 5.41) is 3.69. The molecule has 0 saturated heterocycles. The first-order valence-corrected chi connectivity index (χ1v) is 8.24. The molecule has 1 aromatic carbocycles. The fraction of sp³-hybridized carbons (Fsp3) is 0.684. The van der Waals surface area contributed by atoms with Crippen molar-refractivity contribution in [3.8, 4) is 0 Å². The second-order valence-electron chi connectivity index (χ2n) is 7.03. The molecule has 1 aromatic rings. The molecule has 0 bridgehead atoms. The third-order valence-electron chi connectivity index (χ3n) is 3.91. The molecule has 0 aliphatic carbocycles. The Morgan fingerprint density at radius 1 is 1.05 bits per heavy atom. The molecule has 0 aromatic heterocycles. The molecule has 114 valence electrons. The number of benzene rings is 1. The molecule has 1 N–H and O–H groups in total. The summed E-state index contributed by atoms with van der Waals surface area (Å²) in [5.41, 5.74) is 3.16. The van der Waals surface area contributed by atoms with Gasteiger partial charge in [0, 0.05) is 12.1 Å². The molecule has 1 nitrogen and oxygen atoms in total. The quantitative estimate of drug-likeness (QED) is 0.623. The van der Waals surface area contributed by atoms with Crippen molar-refractivity contribution in [1.82, 2.24) is 5.32 Å².